The van der Waals surface area contributed by atoms with Crippen LogP contribution in [0.25, 0.3) is 0 Å². The Labute approximate surface area is 195 Å². The molecule has 0 radical (unpaired) electrons. The number of pyridine rings is 2. The quantitative estimate of drug-likeness (QED) is 0.476. The minimum Gasteiger partial charge on any atom is -0.493 e. The normalized spacial score (nSPS) is 16.0. The van der Waals surface area contributed by atoms with Crippen LogP contribution in [-0.4, -0.2) is 29.5 Å². The van der Waals surface area contributed by atoms with Gasteiger partial charge in [-0.15, -0.1) is 0 Å². The van der Waals surface area contributed by atoms with E-state index in [4.69, 9.17) is 9.47 Å². The molecule has 1 unspecified atom stereocenters. The predicted molar refractivity (Wildman–Crippen MR) is 113 cm³/mol. The van der Waals surface area contributed by atoms with Gasteiger partial charge in [0.25, 0.3) is 0 Å². The van der Waals surface area contributed by atoms with Crippen molar-refractivity contribution in [3.63, 3.8) is 0 Å². The molecule has 12 heteroatoms. The van der Waals surface area contributed by atoms with Crippen LogP contribution in [0.5, 0.6) is 11.5 Å². The van der Waals surface area contributed by atoms with Gasteiger partial charge < -0.3 is 14.8 Å². The van der Waals surface area contributed by atoms with Gasteiger partial charge in [0.2, 0.25) is 0 Å². The summed E-state index contributed by atoms with van der Waals surface area (Å²) in [6.45, 7) is 0.277. The summed E-state index contributed by atoms with van der Waals surface area (Å²) >= 11 is 0. The first-order valence-electron chi connectivity index (χ1n) is 10.2. The Morgan fingerprint density at radius 2 is 1.71 bits per heavy atom. The molecule has 1 aliphatic heterocycles. The summed E-state index contributed by atoms with van der Waals surface area (Å²) in [5.41, 5.74) is -0.300. The number of nitrogens with one attached hydrogen (secondary N) is 1. The zero-order valence-electron chi connectivity index (χ0n) is 18.1. The molecular formula is C23H18F6N4O2. The molecule has 4 rings (SSSR count). The van der Waals surface area contributed by atoms with E-state index in [1.165, 1.54) is 19.2 Å². The number of aliphatic imine (C=N–C) groups is 1. The van der Waals surface area contributed by atoms with E-state index in [9.17, 15) is 26.3 Å². The van der Waals surface area contributed by atoms with Crippen LogP contribution >= 0.6 is 0 Å². The topological polar surface area (TPSA) is 68.6 Å². The van der Waals surface area contributed by atoms with Crippen LogP contribution in [0.2, 0.25) is 0 Å². The molecule has 184 valence electrons. The minimum atomic E-state index is -4.52. The lowest BCUT2D eigenvalue weighted by Gasteiger charge is -2.16. The summed E-state index contributed by atoms with van der Waals surface area (Å²) in [5, 5.41) is 3.16. The number of methoxy groups -OCH3 is 1. The number of nitrogens with zero attached hydrogens (tertiary/aromatic N) is 3. The highest BCUT2D eigenvalue weighted by atomic mass is 19.4. The second-order valence-corrected chi connectivity index (χ2v) is 7.55. The smallest absolute Gasteiger partial charge is 0.433 e. The number of hydrogen-bond donors (Lipinski definition) is 1. The maximum Gasteiger partial charge on any atom is 0.433 e. The van der Waals surface area contributed by atoms with E-state index in [1.807, 2.05) is 0 Å². The largest absolute Gasteiger partial charge is 0.493 e. The molecule has 0 spiro atoms. The Morgan fingerprint density at radius 3 is 2.31 bits per heavy atom. The molecule has 1 atom stereocenters. The fourth-order valence-electron chi connectivity index (χ4n) is 3.35. The summed E-state index contributed by atoms with van der Waals surface area (Å²) in [6, 6.07) is 9.24. The molecule has 1 aliphatic rings. The maximum absolute atomic E-state index is 12.7. The molecule has 0 aliphatic carbocycles. The zero-order chi connectivity index (χ0) is 25.2. The summed E-state index contributed by atoms with van der Waals surface area (Å²) in [6.07, 6.45) is -7.13. The van der Waals surface area contributed by atoms with Crippen molar-refractivity contribution in [3.8, 4) is 11.5 Å². The number of rotatable bonds is 6. The molecule has 1 N–H and O–H groups in total. The van der Waals surface area contributed by atoms with Gasteiger partial charge in [0.05, 0.1) is 31.0 Å². The van der Waals surface area contributed by atoms with Crippen molar-refractivity contribution in [2.24, 2.45) is 4.99 Å². The number of amidine groups is 1. The van der Waals surface area contributed by atoms with Crippen LogP contribution in [0.4, 0.5) is 26.3 Å². The lowest BCUT2D eigenvalue weighted by molar-refractivity contribution is -0.141. The Kier molecular flexibility index (Phi) is 6.55. The molecule has 3 aromatic rings. The summed E-state index contributed by atoms with van der Waals surface area (Å²) < 4.78 is 87.2. The van der Waals surface area contributed by atoms with Gasteiger partial charge in [-0.2, -0.15) is 26.3 Å². The van der Waals surface area contributed by atoms with Gasteiger partial charge in [-0.05, 0) is 42.0 Å². The first-order chi connectivity index (χ1) is 16.5. The zero-order valence-corrected chi connectivity index (χ0v) is 18.1. The van der Waals surface area contributed by atoms with Crippen molar-refractivity contribution in [2.75, 3.05) is 13.7 Å². The van der Waals surface area contributed by atoms with Crippen molar-refractivity contribution in [3.05, 3.63) is 82.9 Å². The van der Waals surface area contributed by atoms with Crippen LogP contribution in [-0.2, 0) is 19.0 Å². The number of benzene rings is 1. The molecule has 3 heterocycles. The van der Waals surface area contributed by atoms with Crippen molar-refractivity contribution < 1.29 is 35.8 Å². The SMILES string of the molecule is COc1cc(C2CN=C(c3ccc(C(F)(F)F)nc3)N2)ccc1OCc1ccc(C(F)(F)F)cn1. The molecule has 0 amide bonds. The molecule has 6 nitrogen and oxygen atoms in total. The first kappa shape index (κ1) is 24.3. The number of halogens is 6. The van der Waals surface area contributed by atoms with Gasteiger partial charge >= 0.3 is 12.4 Å². The lowest BCUT2D eigenvalue weighted by atomic mass is 10.1. The van der Waals surface area contributed by atoms with E-state index >= 15 is 0 Å². The predicted octanol–water partition coefficient (Wildman–Crippen LogP) is 5.19. The van der Waals surface area contributed by atoms with E-state index < -0.39 is 23.6 Å². The number of ether oxygens (including phenoxy) is 2. The Hall–Kier alpha value is -3.83. The summed E-state index contributed by atoms with van der Waals surface area (Å²) in [7, 11) is 1.44. The second-order valence-electron chi connectivity index (χ2n) is 7.55. The molecule has 1 aromatic carbocycles. The average Bonchev–Trinajstić information content (AvgIpc) is 3.32. The molecular weight excluding hydrogens is 478 g/mol. The van der Waals surface area contributed by atoms with Gasteiger partial charge in [0.1, 0.15) is 18.1 Å². The Morgan fingerprint density at radius 1 is 0.914 bits per heavy atom. The fourth-order valence-corrected chi connectivity index (χ4v) is 3.35. The van der Waals surface area contributed by atoms with Crippen LogP contribution in [0.15, 0.2) is 59.9 Å². The summed E-state index contributed by atoms with van der Waals surface area (Å²) in [4.78, 5) is 11.6. The molecule has 0 saturated carbocycles. The molecule has 2 aromatic heterocycles. The first-order valence-corrected chi connectivity index (χ1v) is 10.2. The van der Waals surface area contributed by atoms with Crippen LogP contribution in [0.3, 0.4) is 0 Å². The van der Waals surface area contributed by atoms with Gasteiger partial charge in [0, 0.05) is 18.0 Å². The number of alkyl halides is 6. The third-order valence-electron chi connectivity index (χ3n) is 5.19. The molecule has 0 bridgehead atoms. The second kappa shape index (κ2) is 9.43. The van der Waals surface area contributed by atoms with Gasteiger partial charge in [-0.1, -0.05) is 6.07 Å². The van der Waals surface area contributed by atoms with E-state index in [2.05, 4.69) is 20.3 Å². The van der Waals surface area contributed by atoms with E-state index in [0.29, 0.717) is 35.1 Å². The minimum absolute atomic E-state index is 0.0658. The third kappa shape index (κ3) is 5.64. The van der Waals surface area contributed by atoms with Crippen molar-refractivity contribution in [1.29, 1.82) is 0 Å². The highest BCUT2D eigenvalue weighted by molar-refractivity contribution is 5.99. The van der Waals surface area contributed by atoms with Crippen LogP contribution in [0, 0.1) is 0 Å². The average molecular weight is 496 g/mol. The Bertz CT molecular complexity index is 1210. The highest BCUT2D eigenvalue weighted by Gasteiger charge is 2.33. The lowest BCUT2D eigenvalue weighted by Crippen LogP contribution is -2.24. The summed E-state index contributed by atoms with van der Waals surface area (Å²) in [5.74, 6) is 1.17. The standard InChI is InChI=1S/C23H18F6N4O2/c1-34-19-8-13(2-6-18(19)35-12-16-5-4-15(10-30-16)22(24,25)26)17-11-32-21(33-17)14-3-7-20(31-9-14)23(27,28)29/h2-10,17H,11-12H2,1H3,(H,32,33). The number of aromatic nitrogens is 2. The molecule has 35 heavy (non-hydrogen) atoms. The van der Waals surface area contributed by atoms with Gasteiger partial charge in [-0.25, -0.2) is 0 Å². The van der Waals surface area contributed by atoms with Crippen molar-refractivity contribution >= 4 is 5.84 Å². The van der Waals surface area contributed by atoms with Crippen molar-refractivity contribution in [2.45, 2.75) is 25.0 Å². The van der Waals surface area contributed by atoms with Gasteiger partial charge in [0.15, 0.2) is 11.5 Å². The highest BCUT2D eigenvalue weighted by Crippen LogP contribution is 2.33. The van der Waals surface area contributed by atoms with Crippen molar-refractivity contribution in [1.82, 2.24) is 15.3 Å². The Balaban J connectivity index is 1.40. The van der Waals surface area contributed by atoms with Crippen LogP contribution < -0.4 is 14.8 Å². The monoisotopic (exact) mass is 496 g/mol. The fraction of sp³-hybridized carbons (Fsp3) is 0.261. The number of hydrogen-bond acceptors (Lipinski definition) is 6. The third-order valence-corrected chi connectivity index (χ3v) is 5.19. The van der Waals surface area contributed by atoms with Gasteiger partial charge in [-0.3, -0.25) is 15.0 Å². The van der Waals surface area contributed by atoms with E-state index in [-0.39, 0.29) is 12.6 Å². The molecule has 0 fully saturated rings. The van der Waals surface area contributed by atoms with Crippen LogP contribution in [0.1, 0.15) is 34.1 Å². The van der Waals surface area contributed by atoms with E-state index in [1.54, 1.807) is 18.2 Å². The maximum atomic E-state index is 12.7. The van der Waals surface area contributed by atoms with E-state index in [0.717, 1.165) is 30.1 Å². The molecule has 0 saturated heterocycles.